The molecule has 6 nitrogen and oxygen atoms in total. The number of aliphatic hydroxyl groups is 1. The van der Waals surface area contributed by atoms with Crippen LogP contribution in [0.4, 0.5) is 0 Å². The van der Waals surface area contributed by atoms with Gasteiger partial charge in [-0.15, -0.1) is 0 Å². The first kappa shape index (κ1) is 14.6. The number of sulfone groups is 1. The number of nitriles is 1. The molecule has 1 aromatic rings. The number of fused-ring (bicyclic) bond motifs is 1. The summed E-state index contributed by atoms with van der Waals surface area (Å²) in [6, 6.07) is 5.21. The van der Waals surface area contributed by atoms with Gasteiger partial charge in [0, 0.05) is 0 Å². The molecule has 0 radical (unpaired) electrons. The van der Waals surface area contributed by atoms with Gasteiger partial charge in [-0.2, -0.15) is 5.26 Å². The summed E-state index contributed by atoms with van der Waals surface area (Å²) in [4.78, 5) is 0. The van der Waals surface area contributed by atoms with Crippen molar-refractivity contribution >= 4 is 25.8 Å². The van der Waals surface area contributed by atoms with Gasteiger partial charge in [-0.25, -0.2) is 8.42 Å². The molecule has 1 N–H and O–H groups in total. The first-order valence-corrected chi connectivity index (χ1v) is 8.87. The Bertz CT molecular complexity index is 742. The van der Waals surface area contributed by atoms with Gasteiger partial charge in [-0.05, 0) is 40.0 Å². The topological polar surface area (TPSA) is 96.6 Å². The molecular formula is C13H12BrNO5S. The summed E-state index contributed by atoms with van der Waals surface area (Å²) in [5.74, 6) is 0.593. The second-order valence-corrected chi connectivity index (χ2v) is 8.29. The predicted octanol–water partition coefficient (Wildman–Crippen LogP) is 1.54. The maximum absolute atomic E-state index is 11.7. The minimum absolute atomic E-state index is 0.0800. The summed E-state index contributed by atoms with van der Waals surface area (Å²) >= 11 is 3.32. The van der Waals surface area contributed by atoms with E-state index in [2.05, 4.69) is 15.9 Å². The van der Waals surface area contributed by atoms with Crippen molar-refractivity contribution in [3.8, 4) is 17.6 Å². The highest BCUT2D eigenvalue weighted by Gasteiger charge is 2.49. The van der Waals surface area contributed by atoms with Crippen molar-refractivity contribution < 1.29 is 23.0 Å². The lowest BCUT2D eigenvalue weighted by atomic mass is 9.80. The number of hydrogen-bond acceptors (Lipinski definition) is 6. The van der Waals surface area contributed by atoms with Crippen molar-refractivity contribution in [1.29, 1.82) is 5.26 Å². The smallest absolute Gasteiger partial charge is 0.231 e. The van der Waals surface area contributed by atoms with E-state index in [0.29, 0.717) is 21.5 Å². The highest BCUT2D eigenvalue weighted by molar-refractivity contribution is 9.10. The number of benzene rings is 1. The van der Waals surface area contributed by atoms with E-state index in [4.69, 9.17) is 9.47 Å². The molecule has 1 saturated heterocycles. The fourth-order valence-corrected chi connectivity index (χ4v) is 5.25. The normalized spacial score (nSPS) is 27.3. The summed E-state index contributed by atoms with van der Waals surface area (Å²) in [5, 5.41) is 20.0. The Morgan fingerprint density at radius 3 is 2.81 bits per heavy atom. The van der Waals surface area contributed by atoms with Crippen molar-refractivity contribution in [2.24, 2.45) is 5.41 Å². The molecule has 2 unspecified atom stereocenters. The molecule has 0 aromatic heterocycles. The number of hydrogen-bond donors (Lipinski definition) is 1. The second-order valence-electron chi connectivity index (χ2n) is 5.25. The van der Waals surface area contributed by atoms with Crippen molar-refractivity contribution in [3.63, 3.8) is 0 Å². The summed E-state index contributed by atoms with van der Waals surface area (Å²) in [6.45, 7) is 0.0885. The molecule has 0 bridgehead atoms. The van der Waals surface area contributed by atoms with Crippen molar-refractivity contribution in [2.45, 2.75) is 12.5 Å². The fourth-order valence-electron chi connectivity index (χ4n) is 2.70. The zero-order chi connectivity index (χ0) is 15.3. The van der Waals surface area contributed by atoms with E-state index in [9.17, 15) is 18.8 Å². The summed E-state index contributed by atoms with van der Waals surface area (Å²) in [6.07, 6.45) is -1.08. The highest BCUT2D eigenvalue weighted by Crippen LogP contribution is 2.47. The Morgan fingerprint density at radius 1 is 1.43 bits per heavy atom. The summed E-state index contributed by atoms with van der Waals surface area (Å²) < 4.78 is 34.5. The molecule has 3 rings (SSSR count). The van der Waals surface area contributed by atoms with Crippen molar-refractivity contribution in [1.82, 2.24) is 0 Å². The minimum Gasteiger partial charge on any atom is -0.454 e. The van der Waals surface area contributed by atoms with Crippen LogP contribution in [0.5, 0.6) is 11.5 Å². The quantitative estimate of drug-likeness (QED) is 0.844. The van der Waals surface area contributed by atoms with Gasteiger partial charge in [0.25, 0.3) is 0 Å². The first-order chi connectivity index (χ1) is 9.87. The maximum atomic E-state index is 11.7. The molecule has 112 valence electrons. The Morgan fingerprint density at radius 2 is 2.19 bits per heavy atom. The van der Waals surface area contributed by atoms with Gasteiger partial charge in [0.2, 0.25) is 6.79 Å². The van der Waals surface area contributed by atoms with Crippen LogP contribution < -0.4 is 9.47 Å². The molecule has 2 aliphatic rings. The number of nitrogens with zero attached hydrogens (tertiary/aromatic N) is 1. The molecule has 1 fully saturated rings. The molecule has 2 aliphatic heterocycles. The molecule has 0 amide bonds. The first-order valence-electron chi connectivity index (χ1n) is 6.26. The lowest BCUT2D eigenvalue weighted by molar-refractivity contribution is 0.0791. The molecule has 0 saturated carbocycles. The number of aliphatic hydroxyl groups excluding tert-OH is 1. The van der Waals surface area contributed by atoms with Gasteiger partial charge in [-0.3, -0.25) is 0 Å². The van der Waals surface area contributed by atoms with Gasteiger partial charge in [0.1, 0.15) is 5.41 Å². The lowest BCUT2D eigenvalue weighted by Gasteiger charge is -2.26. The van der Waals surface area contributed by atoms with E-state index in [-0.39, 0.29) is 24.7 Å². The third-order valence-corrected chi connectivity index (χ3v) is 6.22. The molecule has 0 aliphatic carbocycles. The fraction of sp³-hybridized carbons (Fsp3) is 0.462. The van der Waals surface area contributed by atoms with Crippen molar-refractivity contribution in [3.05, 3.63) is 22.2 Å². The van der Waals surface area contributed by atoms with Crippen LogP contribution in [0.25, 0.3) is 0 Å². The Kier molecular flexibility index (Phi) is 3.39. The third kappa shape index (κ3) is 2.39. The van der Waals surface area contributed by atoms with Crippen LogP contribution >= 0.6 is 15.9 Å². The van der Waals surface area contributed by atoms with Crippen molar-refractivity contribution in [2.75, 3.05) is 18.3 Å². The molecule has 1 aromatic carbocycles. The van der Waals surface area contributed by atoms with E-state index >= 15 is 0 Å². The van der Waals surface area contributed by atoms with E-state index in [0.717, 1.165) is 0 Å². The zero-order valence-electron chi connectivity index (χ0n) is 10.9. The third-order valence-electron chi connectivity index (χ3n) is 3.85. The van der Waals surface area contributed by atoms with Crippen LogP contribution in [0, 0.1) is 16.7 Å². The molecule has 0 spiro atoms. The molecular weight excluding hydrogens is 362 g/mol. The molecule has 2 heterocycles. The average Bonchev–Trinajstić information content (AvgIpc) is 3.02. The second kappa shape index (κ2) is 4.87. The SMILES string of the molecule is N#CC1(C(O)c2cc(Br)c3c(c2)OCO3)CCS(=O)(=O)C1. The Balaban J connectivity index is 2.01. The number of ether oxygens (including phenoxy) is 2. The van der Waals surface area contributed by atoms with Crippen LogP contribution in [0.3, 0.4) is 0 Å². The number of rotatable bonds is 2. The predicted molar refractivity (Wildman–Crippen MR) is 76.5 cm³/mol. The van der Waals surface area contributed by atoms with Gasteiger partial charge in [-0.1, -0.05) is 0 Å². The standard InChI is InChI=1S/C13H12BrNO5S/c14-9-3-8(4-10-11(9)20-7-19-10)12(16)13(5-15)1-2-21(17,18)6-13/h3-4,12,16H,1-2,6-7H2. The molecule has 8 heteroatoms. The monoisotopic (exact) mass is 373 g/mol. The summed E-state index contributed by atoms with van der Waals surface area (Å²) in [7, 11) is -3.29. The van der Waals surface area contributed by atoms with Gasteiger partial charge in [0.05, 0.1) is 28.2 Å². The van der Waals surface area contributed by atoms with Crippen LogP contribution in [-0.2, 0) is 9.84 Å². The zero-order valence-corrected chi connectivity index (χ0v) is 13.3. The largest absolute Gasteiger partial charge is 0.454 e. The van der Waals surface area contributed by atoms with E-state index in [1.807, 2.05) is 6.07 Å². The maximum Gasteiger partial charge on any atom is 0.231 e. The van der Waals surface area contributed by atoms with Gasteiger partial charge < -0.3 is 14.6 Å². The Labute approximate surface area is 130 Å². The van der Waals surface area contributed by atoms with Crippen LogP contribution in [0.1, 0.15) is 18.1 Å². The molecule has 21 heavy (non-hydrogen) atoms. The number of halogens is 1. The average molecular weight is 374 g/mol. The highest BCUT2D eigenvalue weighted by atomic mass is 79.9. The summed E-state index contributed by atoms with van der Waals surface area (Å²) in [5.41, 5.74) is -0.879. The lowest BCUT2D eigenvalue weighted by Crippen LogP contribution is -2.28. The molecule has 2 atom stereocenters. The van der Waals surface area contributed by atoms with E-state index < -0.39 is 21.4 Å². The Hall–Kier alpha value is -1.30. The van der Waals surface area contributed by atoms with Crippen LogP contribution in [0.15, 0.2) is 16.6 Å². The van der Waals surface area contributed by atoms with Crippen LogP contribution in [0.2, 0.25) is 0 Å². The van der Waals surface area contributed by atoms with E-state index in [1.54, 1.807) is 12.1 Å². The van der Waals surface area contributed by atoms with Crippen LogP contribution in [-0.4, -0.2) is 31.8 Å². The van der Waals surface area contributed by atoms with Gasteiger partial charge in [0.15, 0.2) is 21.3 Å². The minimum atomic E-state index is -3.29. The van der Waals surface area contributed by atoms with Gasteiger partial charge >= 0.3 is 0 Å². The van der Waals surface area contributed by atoms with E-state index in [1.165, 1.54) is 0 Å².